The number of nitrogens with one attached hydrogen (secondary N) is 3. The average molecular weight is 416 g/mol. The molecule has 0 aromatic heterocycles. The van der Waals surface area contributed by atoms with E-state index in [1.165, 1.54) is 12.1 Å². The van der Waals surface area contributed by atoms with E-state index in [1.807, 2.05) is 19.2 Å². The van der Waals surface area contributed by atoms with Crippen molar-refractivity contribution in [2.24, 2.45) is 0 Å². The molecule has 1 fully saturated rings. The predicted molar refractivity (Wildman–Crippen MR) is 109 cm³/mol. The van der Waals surface area contributed by atoms with E-state index in [0.29, 0.717) is 11.3 Å². The molecule has 1 aliphatic carbocycles. The fourth-order valence-corrected chi connectivity index (χ4v) is 3.64. The minimum absolute atomic E-state index is 0.0158. The number of hydrogen-bond donors (Lipinski definition) is 3. The highest BCUT2D eigenvalue weighted by Crippen LogP contribution is 2.34. The van der Waals surface area contributed by atoms with Gasteiger partial charge in [0.25, 0.3) is 5.91 Å². The first-order valence-corrected chi connectivity index (χ1v) is 9.76. The molecule has 0 heterocycles. The Labute approximate surface area is 173 Å². The molecule has 3 rings (SSSR count). The lowest BCUT2D eigenvalue weighted by Crippen LogP contribution is -2.40. The van der Waals surface area contributed by atoms with Crippen LogP contribution < -0.4 is 16.0 Å². The number of halogens is 3. The molecule has 0 saturated heterocycles. The molecule has 0 bridgehead atoms. The van der Waals surface area contributed by atoms with E-state index < -0.39 is 11.7 Å². The summed E-state index contributed by atoms with van der Waals surface area (Å²) >= 11 is 0. The Bertz CT molecular complexity index is 927. The predicted octanol–water partition coefficient (Wildman–Crippen LogP) is 4.77. The van der Waals surface area contributed by atoms with Gasteiger partial charge in [-0.2, -0.15) is 18.4 Å². The van der Waals surface area contributed by atoms with Gasteiger partial charge in [0.05, 0.1) is 17.2 Å². The topological polar surface area (TPSA) is 77.0 Å². The number of carbonyl (C=O) groups is 1. The molecule has 30 heavy (non-hydrogen) atoms. The molecule has 5 nitrogen and oxygen atoms in total. The van der Waals surface area contributed by atoms with Crippen LogP contribution in [0.25, 0.3) is 0 Å². The van der Waals surface area contributed by atoms with Crippen molar-refractivity contribution in [2.75, 3.05) is 17.7 Å². The van der Waals surface area contributed by atoms with E-state index in [1.54, 1.807) is 18.2 Å². The second-order valence-electron chi connectivity index (χ2n) is 7.36. The minimum Gasteiger partial charge on any atom is -0.388 e. The van der Waals surface area contributed by atoms with Crippen LogP contribution in [0.3, 0.4) is 0 Å². The average Bonchev–Trinajstić information content (AvgIpc) is 2.74. The first-order valence-electron chi connectivity index (χ1n) is 9.76. The molecule has 8 heteroatoms. The van der Waals surface area contributed by atoms with E-state index in [-0.39, 0.29) is 23.6 Å². The molecular formula is C22H23F3N4O. The lowest BCUT2D eigenvalue weighted by molar-refractivity contribution is -0.137. The van der Waals surface area contributed by atoms with E-state index in [0.717, 1.165) is 37.4 Å². The number of benzene rings is 2. The highest BCUT2D eigenvalue weighted by molar-refractivity contribution is 5.94. The SMILES string of the molecule is CNc1ccc(C(=O)NC2CCC(Nc3ccc(C#N)c(C(F)(F)F)c3)CC2)cc1. The maximum atomic E-state index is 13.1. The van der Waals surface area contributed by atoms with Gasteiger partial charge >= 0.3 is 6.18 Å². The quantitative estimate of drug-likeness (QED) is 0.656. The van der Waals surface area contributed by atoms with Crippen molar-refractivity contribution in [1.29, 1.82) is 5.26 Å². The number of amides is 1. The normalized spacial score (nSPS) is 18.9. The third kappa shape index (κ3) is 5.23. The Kier molecular flexibility index (Phi) is 6.50. The van der Waals surface area contributed by atoms with Gasteiger partial charge < -0.3 is 16.0 Å². The molecule has 0 aliphatic heterocycles. The maximum Gasteiger partial charge on any atom is 0.417 e. The Morgan fingerprint density at radius 2 is 1.60 bits per heavy atom. The monoisotopic (exact) mass is 416 g/mol. The van der Waals surface area contributed by atoms with Crippen LogP contribution in [0.1, 0.15) is 47.2 Å². The molecule has 0 unspecified atom stereocenters. The van der Waals surface area contributed by atoms with Gasteiger partial charge in [0, 0.05) is 36.1 Å². The summed E-state index contributed by atoms with van der Waals surface area (Å²) in [7, 11) is 1.81. The van der Waals surface area contributed by atoms with Gasteiger partial charge in [0.1, 0.15) is 0 Å². The van der Waals surface area contributed by atoms with Crippen molar-refractivity contribution in [3.05, 3.63) is 59.2 Å². The van der Waals surface area contributed by atoms with Gasteiger partial charge in [0.2, 0.25) is 0 Å². The summed E-state index contributed by atoms with van der Waals surface area (Å²) in [6, 6.07) is 12.5. The Balaban J connectivity index is 1.54. The summed E-state index contributed by atoms with van der Waals surface area (Å²) in [5.74, 6) is -0.129. The van der Waals surface area contributed by atoms with Gasteiger partial charge in [-0.1, -0.05) is 0 Å². The smallest absolute Gasteiger partial charge is 0.388 e. The lowest BCUT2D eigenvalue weighted by atomic mass is 9.90. The largest absolute Gasteiger partial charge is 0.417 e. The van der Waals surface area contributed by atoms with Crippen LogP contribution in [0.5, 0.6) is 0 Å². The molecule has 0 atom stereocenters. The molecule has 3 N–H and O–H groups in total. The van der Waals surface area contributed by atoms with E-state index in [4.69, 9.17) is 5.26 Å². The minimum atomic E-state index is -4.57. The number of rotatable bonds is 5. The van der Waals surface area contributed by atoms with Crippen molar-refractivity contribution < 1.29 is 18.0 Å². The first-order chi connectivity index (χ1) is 14.3. The van der Waals surface area contributed by atoms with Crippen LogP contribution in [-0.4, -0.2) is 25.0 Å². The van der Waals surface area contributed by atoms with Crippen molar-refractivity contribution in [3.63, 3.8) is 0 Å². The highest BCUT2D eigenvalue weighted by atomic mass is 19.4. The molecule has 158 valence electrons. The Morgan fingerprint density at radius 1 is 1.00 bits per heavy atom. The van der Waals surface area contributed by atoms with Crippen molar-refractivity contribution >= 4 is 17.3 Å². The van der Waals surface area contributed by atoms with Crippen molar-refractivity contribution in [2.45, 2.75) is 43.9 Å². The number of nitriles is 1. The van der Waals surface area contributed by atoms with Crippen LogP contribution in [0.2, 0.25) is 0 Å². The highest BCUT2D eigenvalue weighted by Gasteiger charge is 2.34. The zero-order valence-corrected chi connectivity index (χ0v) is 16.5. The number of alkyl halides is 3. The number of anilines is 2. The number of hydrogen-bond acceptors (Lipinski definition) is 4. The van der Waals surface area contributed by atoms with Crippen LogP contribution in [0, 0.1) is 11.3 Å². The molecular weight excluding hydrogens is 393 g/mol. The first kappa shape index (κ1) is 21.5. The standard InChI is InChI=1S/C22H23F3N4O/c1-27-16-5-2-14(3-6-16)21(30)29-18-10-8-17(9-11-18)28-19-7-4-15(13-26)20(12-19)22(23,24)25/h2-7,12,17-18,27-28H,8-11H2,1H3,(H,29,30). The van der Waals surface area contributed by atoms with Crippen molar-refractivity contribution in [3.8, 4) is 6.07 Å². The Morgan fingerprint density at radius 3 is 2.17 bits per heavy atom. The van der Waals surface area contributed by atoms with E-state index in [2.05, 4.69) is 16.0 Å². The summed E-state index contributed by atoms with van der Waals surface area (Å²) in [6.07, 6.45) is -1.65. The molecule has 1 aliphatic rings. The van der Waals surface area contributed by atoms with Gasteiger partial charge in [-0.15, -0.1) is 0 Å². The zero-order valence-electron chi connectivity index (χ0n) is 16.5. The summed E-state index contributed by atoms with van der Waals surface area (Å²) in [5, 5.41) is 18.1. The summed E-state index contributed by atoms with van der Waals surface area (Å²) in [5.41, 5.74) is 0.544. The van der Waals surface area contributed by atoms with E-state index >= 15 is 0 Å². The summed E-state index contributed by atoms with van der Waals surface area (Å²) in [4.78, 5) is 12.4. The van der Waals surface area contributed by atoms with Crippen molar-refractivity contribution in [1.82, 2.24) is 5.32 Å². The van der Waals surface area contributed by atoms with Gasteiger partial charge in [0.15, 0.2) is 0 Å². The van der Waals surface area contributed by atoms with Crippen LogP contribution in [-0.2, 0) is 6.18 Å². The fourth-order valence-electron chi connectivity index (χ4n) is 3.64. The molecule has 1 saturated carbocycles. The number of nitrogens with zero attached hydrogens (tertiary/aromatic N) is 1. The maximum absolute atomic E-state index is 13.1. The zero-order chi connectivity index (χ0) is 21.7. The van der Waals surface area contributed by atoms with Crippen LogP contribution in [0.15, 0.2) is 42.5 Å². The number of carbonyl (C=O) groups excluding carboxylic acids is 1. The molecule has 0 spiro atoms. The van der Waals surface area contributed by atoms with E-state index in [9.17, 15) is 18.0 Å². The van der Waals surface area contributed by atoms with Crippen LogP contribution in [0.4, 0.5) is 24.5 Å². The molecule has 1 amide bonds. The summed E-state index contributed by atoms with van der Waals surface area (Å²) < 4.78 is 39.4. The summed E-state index contributed by atoms with van der Waals surface area (Å²) in [6.45, 7) is 0. The lowest BCUT2D eigenvalue weighted by Gasteiger charge is -2.30. The Hall–Kier alpha value is -3.21. The van der Waals surface area contributed by atoms with Gasteiger partial charge in [-0.05, 0) is 68.1 Å². The fraction of sp³-hybridized carbons (Fsp3) is 0.364. The third-order valence-corrected chi connectivity index (χ3v) is 5.31. The molecule has 2 aromatic rings. The third-order valence-electron chi connectivity index (χ3n) is 5.31. The van der Waals surface area contributed by atoms with Gasteiger partial charge in [-0.25, -0.2) is 0 Å². The molecule has 0 radical (unpaired) electrons. The second kappa shape index (κ2) is 9.08. The van der Waals surface area contributed by atoms with Crippen LogP contribution >= 0.6 is 0 Å². The van der Waals surface area contributed by atoms with Gasteiger partial charge in [-0.3, -0.25) is 4.79 Å². The second-order valence-corrected chi connectivity index (χ2v) is 7.36. The molecule has 2 aromatic carbocycles.